The van der Waals surface area contributed by atoms with Crippen LogP contribution in [0.2, 0.25) is 0 Å². The molecule has 0 aromatic rings. The standard InChI is InChI=1S/C8H11F3O2/c1-7(2)3-5(7)6(12)13-4-8(9,10)11/h5H,3-4H2,1-2H3. The molecule has 1 unspecified atom stereocenters. The molecule has 1 saturated carbocycles. The quantitative estimate of drug-likeness (QED) is 0.632. The third kappa shape index (κ3) is 2.90. The fraction of sp³-hybridized carbons (Fsp3) is 0.875. The van der Waals surface area contributed by atoms with Crippen molar-refractivity contribution in [3.63, 3.8) is 0 Å². The summed E-state index contributed by atoms with van der Waals surface area (Å²) in [6.07, 6.45) is -3.81. The summed E-state index contributed by atoms with van der Waals surface area (Å²) in [7, 11) is 0. The second kappa shape index (κ2) is 2.89. The maximum atomic E-state index is 11.6. The molecule has 0 aromatic carbocycles. The molecule has 1 rings (SSSR count). The van der Waals surface area contributed by atoms with Crippen LogP contribution in [0.3, 0.4) is 0 Å². The van der Waals surface area contributed by atoms with Gasteiger partial charge in [-0.3, -0.25) is 4.79 Å². The van der Waals surface area contributed by atoms with Gasteiger partial charge < -0.3 is 4.74 Å². The molecular formula is C8H11F3O2. The van der Waals surface area contributed by atoms with Crippen LogP contribution in [0.15, 0.2) is 0 Å². The van der Waals surface area contributed by atoms with E-state index in [0.29, 0.717) is 6.42 Å². The molecular weight excluding hydrogens is 185 g/mol. The van der Waals surface area contributed by atoms with E-state index in [1.165, 1.54) is 0 Å². The number of hydrogen-bond donors (Lipinski definition) is 0. The first-order chi connectivity index (χ1) is 5.72. The van der Waals surface area contributed by atoms with E-state index in [4.69, 9.17) is 0 Å². The van der Waals surface area contributed by atoms with Crippen molar-refractivity contribution in [2.24, 2.45) is 11.3 Å². The van der Waals surface area contributed by atoms with E-state index >= 15 is 0 Å². The molecule has 0 aliphatic heterocycles. The van der Waals surface area contributed by atoms with Crippen molar-refractivity contribution in [1.82, 2.24) is 0 Å². The van der Waals surface area contributed by atoms with Gasteiger partial charge in [-0.15, -0.1) is 0 Å². The Morgan fingerprint density at radius 3 is 2.31 bits per heavy atom. The maximum Gasteiger partial charge on any atom is 0.422 e. The highest BCUT2D eigenvalue weighted by molar-refractivity contribution is 5.76. The number of hydrogen-bond acceptors (Lipinski definition) is 2. The molecule has 0 bridgehead atoms. The van der Waals surface area contributed by atoms with Gasteiger partial charge in [-0.25, -0.2) is 0 Å². The molecule has 0 heterocycles. The summed E-state index contributed by atoms with van der Waals surface area (Å²) < 4.78 is 38.9. The molecule has 1 fully saturated rings. The first-order valence-electron chi connectivity index (χ1n) is 3.96. The van der Waals surface area contributed by atoms with Crippen molar-refractivity contribution < 1.29 is 22.7 Å². The van der Waals surface area contributed by atoms with Crippen molar-refractivity contribution in [1.29, 1.82) is 0 Å². The van der Waals surface area contributed by atoms with Crippen LogP contribution in [0.1, 0.15) is 20.3 Å². The van der Waals surface area contributed by atoms with Gasteiger partial charge in [0, 0.05) is 0 Å². The van der Waals surface area contributed by atoms with Gasteiger partial charge in [0.2, 0.25) is 0 Å². The van der Waals surface area contributed by atoms with Crippen LogP contribution < -0.4 is 0 Å². The smallest absolute Gasteiger partial charge is 0.422 e. The van der Waals surface area contributed by atoms with E-state index in [2.05, 4.69) is 4.74 Å². The summed E-state index contributed by atoms with van der Waals surface area (Å²) in [5.41, 5.74) is -0.178. The Labute approximate surface area is 74.1 Å². The summed E-state index contributed by atoms with van der Waals surface area (Å²) in [6.45, 7) is 2.18. The van der Waals surface area contributed by atoms with E-state index in [0.717, 1.165) is 0 Å². The Bertz CT molecular complexity index is 220. The Hall–Kier alpha value is -0.740. The molecule has 0 saturated heterocycles. The Balaban J connectivity index is 2.29. The highest BCUT2D eigenvalue weighted by Crippen LogP contribution is 2.52. The predicted molar refractivity (Wildman–Crippen MR) is 38.9 cm³/mol. The highest BCUT2D eigenvalue weighted by Gasteiger charge is 2.52. The molecule has 1 aliphatic rings. The molecule has 13 heavy (non-hydrogen) atoms. The lowest BCUT2D eigenvalue weighted by molar-refractivity contribution is -0.187. The lowest BCUT2D eigenvalue weighted by atomic mass is 10.1. The number of carbonyl (C=O) groups excluding carboxylic acids is 1. The molecule has 0 spiro atoms. The van der Waals surface area contributed by atoms with Gasteiger partial charge in [0.15, 0.2) is 6.61 Å². The van der Waals surface area contributed by atoms with Gasteiger partial charge in [-0.05, 0) is 11.8 Å². The van der Waals surface area contributed by atoms with Crippen LogP contribution in [-0.4, -0.2) is 18.8 Å². The fourth-order valence-electron chi connectivity index (χ4n) is 1.12. The zero-order chi connectivity index (χ0) is 10.3. The average molecular weight is 196 g/mol. The average Bonchev–Trinajstić information content (AvgIpc) is 2.53. The van der Waals surface area contributed by atoms with Gasteiger partial charge in [-0.1, -0.05) is 13.8 Å². The van der Waals surface area contributed by atoms with Crippen molar-refractivity contribution in [3.8, 4) is 0 Å². The van der Waals surface area contributed by atoms with E-state index in [1.807, 2.05) is 13.8 Å². The summed E-state index contributed by atoms with van der Waals surface area (Å²) >= 11 is 0. The summed E-state index contributed by atoms with van der Waals surface area (Å²) in [4.78, 5) is 10.9. The van der Waals surface area contributed by atoms with Crippen LogP contribution >= 0.6 is 0 Å². The third-order valence-corrected chi connectivity index (χ3v) is 2.18. The SMILES string of the molecule is CC1(C)CC1C(=O)OCC(F)(F)F. The molecule has 76 valence electrons. The normalized spacial score (nSPS) is 25.5. The van der Waals surface area contributed by atoms with Crippen LogP contribution in [0.25, 0.3) is 0 Å². The number of alkyl halides is 3. The van der Waals surface area contributed by atoms with E-state index < -0.39 is 18.8 Å². The number of halogens is 3. The lowest BCUT2D eigenvalue weighted by Crippen LogP contribution is -2.22. The van der Waals surface area contributed by atoms with E-state index in [1.54, 1.807) is 0 Å². The zero-order valence-corrected chi connectivity index (χ0v) is 7.44. The molecule has 0 aromatic heterocycles. The molecule has 0 N–H and O–H groups in total. The number of esters is 1. The van der Waals surface area contributed by atoms with Gasteiger partial charge >= 0.3 is 12.1 Å². The first-order valence-corrected chi connectivity index (χ1v) is 3.96. The molecule has 0 radical (unpaired) electrons. The Morgan fingerprint density at radius 2 is 2.00 bits per heavy atom. The minimum Gasteiger partial charge on any atom is -0.456 e. The zero-order valence-electron chi connectivity index (χ0n) is 7.44. The van der Waals surface area contributed by atoms with Gasteiger partial charge in [0.1, 0.15) is 0 Å². The largest absolute Gasteiger partial charge is 0.456 e. The van der Waals surface area contributed by atoms with Crippen molar-refractivity contribution in [3.05, 3.63) is 0 Å². The minimum atomic E-state index is -4.42. The fourth-order valence-corrected chi connectivity index (χ4v) is 1.12. The van der Waals surface area contributed by atoms with E-state index in [9.17, 15) is 18.0 Å². The monoisotopic (exact) mass is 196 g/mol. The van der Waals surface area contributed by atoms with E-state index in [-0.39, 0.29) is 11.3 Å². The Kier molecular flexibility index (Phi) is 2.30. The van der Waals surface area contributed by atoms with Gasteiger partial charge in [0.25, 0.3) is 0 Å². The summed E-state index contributed by atoms with van der Waals surface area (Å²) in [5.74, 6) is -1.09. The summed E-state index contributed by atoms with van der Waals surface area (Å²) in [5, 5.41) is 0. The summed E-state index contributed by atoms with van der Waals surface area (Å²) in [6, 6.07) is 0. The van der Waals surface area contributed by atoms with Gasteiger partial charge in [0.05, 0.1) is 5.92 Å². The minimum absolute atomic E-state index is 0.178. The van der Waals surface area contributed by atoms with Crippen LogP contribution in [0, 0.1) is 11.3 Å². The molecule has 0 amide bonds. The highest BCUT2D eigenvalue weighted by atomic mass is 19.4. The molecule has 1 aliphatic carbocycles. The lowest BCUT2D eigenvalue weighted by Gasteiger charge is -2.08. The Morgan fingerprint density at radius 1 is 1.54 bits per heavy atom. The molecule has 2 nitrogen and oxygen atoms in total. The second-order valence-corrected chi connectivity index (χ2v) is 3.97. The van der Waals surface area contributed by atoms with Crippen LogP contribution in [0.5, 0.6) is 0 Å². The van der Waals surface area contributed by atoms with Crippen LogP contribution in [0.4, 0.5) is 13.2 Å². The van der Waals surface area contributed by atoms with Crippen molar-refractivity contribution >= 4 is 5.97 Å². The van der Waals surface area contributed by atoms with Gasteiger partial charge in [-0.2, -0.15) is 13.2 Å². The first kappa shape index (κ1) is 10.3. The maximum absolute atomic E-state index is 11.6. The van der Waals surface area contributed by atoms with Crippen molar-refractivity contribution in [2.45, 2.75) is 26.4 Å². The van der Waals surface area contributed by atoms with Crippen LogP contribution in [-0.2, 0) is 9.53 Å². The number of ether oxygens (including phenoxy) is 1. The third-order valence-electron chi connectivity index (χ3n) is 2.18. The number of carbonyl (C=O) groups is 1. The molecule has 5 heteroatoms. The predicted octanol–water partition coefficient (Wildman–Crippen LogP) is 2.14. The molecule has 1 atom stereocenters. The van der Waals surface area contributed by atoms with Crippen molar-refractivity contribution in [2.75, 3.05) is 6.61 Å². The number of rotatable bonds is 2. The topological polar surface area (TPSA) is 26.3 Å². The second-order valence-electron chi connectivity index (χ2n) is 3.97.